The predicted octanol–water partition coefficient (Wildman–Crippen LogP) is 1.35. The number of likely N-dealkylation sites (tertiary alicyclic amines) is 1. The second kappa shape index (κ2) is 7.74. The number of nitrogens with one attached hydrogen (secondary N) is 1. The zero-order valence-electron chi connectivity index (χ0n) is 12.1. The molecule has 1 aliphatic rings. The van der Waals surface area contributed by atoms with Crippen LogP contribution in [0.15, 0.2) is 0 Å². The minimum Gasteiger partial charge on any atom is -0.355 e. The van der Waals surface area contributed by atoms with Gasteiger partial charge in [0.15, 0.2) is 0 Å². The maximum Gasteiger partial charge on any atom is 0.237 e. The van der Waals surface area contributed by atoms with E-state index in [1.165, 1.54) is 12.8 Å². The number of piperidine rings is 1. The van der Waals surface area contributed by atoms with Crippen molar-refractivity contribution in [2.45, 2.75) is 58.5 Å². The lowest BCUT2D eigenvalue weighted by Crippen LogP contribution is -2.53. The van der Waals surface area contributed by atoms with E-state index in [1.54, 1.807) is 0 Å². The Morgan fingerprint density at radius 2 is 2.22 bits per heavy atom. The standard InChI is InChI=1S/C14H29N3O/c1-4-5-6-8-16-14(18)12(3)17-9-7-13(15)11(2)10-17/h11-13H,4-10,15H2,1-3H3,(H,16,18). The molecule has 4 nitrogen and oxygen atoms in total. The summed E-state index contributed by atoms with van der Waals surface area (Å²) >= 11 is 0. The van der Waals surface area contributed by atoms with Gasteiger partial charge in [0.2, 0.25) is 5.91 Å². The van der Waals surface area contributed by atoms with Crippen LogP contribution < -0.4 is 11.1 Å². The second-order valence-electron chi connectivity index (χ2n) is 5.60. The SMILES string of the molecule is CCCCCNC(=O)C(C)N1CCC(N)C(C)C1. The van der Waals surface area contributed by atoms with Crippen molar-refractivity contribution in [1.29, 1.82) is 0 Å². The van der Waals surface area contributed by atoms with Crippen LogP contribution in [-0.2, 0) is 4.79 Å². The Morgan fingerprint density at radius 1 is 1.50 bits per heavy atom. The number of carbonyl (C=O) groups excluding carboxylic acids is 1. The molecule has 0 aliphatic carbocycles. The summed E-state index contributed by atoms with van der Waals surface area (Å²) in [6, 6.07) is 0.266. The Hall–Kier alpha value is -0.610. The van der Waals surface area contributed by atoms with Crippen molar-refractivity contribution >= 4 is 5.91 Å². The van der Waals surface area contributed by atoms with Gasteiger partial charge in [-0.1, -0.05) is 26.7 Å². The molecule has 0 aromatic carbocycles. The van der Waals surface area contributed by atoms with Crippen LogP contribution >= 0.6 is 0 Å². The van der Waals surface area contributed by atoms with Crippen molar-refractivity contribution in [3.63, 3.8) is 0 Å². The van der Waals surface area contributed by atoms with Gasteiger partial charge >= 0.3 is 0 Å². The van der Waals surface area contributed by atoms with E-state index in [4.69, 9.17) is 5.73 Å². The first-order valence-corrected chi connectivity index (χ1v) is 7.33. The molecule has 1 saturated heterocycles. The summed E-state index contributed by atoms with van der Waals surface area (Å²) < 4.78 is 0. The summed E-state index contributed by atoms with van der Waals surface area (Å²) in [6.07, 6.45) is 4.45. The summed E-state index contributed by atoms with van der Waals surface area (Å²) in [5.74, 6) is 0.642. The van der Waals surface area contributed by atoms with Gasteiger partial charge in [0.25, 0.3) is 0 Å². The molecule has 18 heavy (non-hydrogen) atoms. The fourth-order valence-corrected chi connectivity index (χ4v) is 2.45. The lowest BCUT2D eigenvalue weighted by molar-refractivity contribution is -0.126. The Morgan fingerprint density at radius 3 is 2.83 bits per heavy atom. The summed E-state index contributed by atoms with van der Waals surface area (Å²) in [6.45, 7) is 9.02. The molecule has 1 amide bonds. The largest absolute Gasteiger partial charge is 0.355 e. The molecular weight excluding hydrogens is 226 g/mol. The maximum absolute atomic E-state index is 12.0. The Bertz CT molecular complexity index is 257. The molecule has 3 N–H and O–H groups in total. The van der Waals surface area contributed by atoms with Crippen LogP contribution in [0.5, 0.6) is 0 Å². The third-order valence-electron chi connectivity index (χ3n) is 4.01. The van der Waals surface area contributed by atoms with Crippen LogP contribution in [0.25, 0.3) is 0 Å². The molecule has 0 saturated carbocycles. The minimum atomic E-state index is -0.0263. The highest BCUT2D eigenvalue weighted by Crippen LogP contribution is 2.17. The van der Waals surface area contributed by atoms with E-state index >= 15 is 0 Å². The molecule has 1 fully saturated rings. The molecule has 0 spiro atoms. The van der Waals surface area contributed by atoms with Gasteiger partial charge in [-0.25, -0.2) is 0 Å². The zero-order valence-corrected chi connectivity index (χ0v) is 12.1. The van der Waals surface area contributed by atoms with Crippen LogP contribution in [0, 0.1) is 5.92 Å². The van der Waals surface area contributed by atoms with Crippen LogP contribution in [0.1, 0.15) is 46.5 Å². The summed E-state index contributed by atoms with van der Waals surface area (Å²) in [7, 11) is 0. The first-order valence-electron chi connectivity index (χ1n) is 7.33. The molecule has 1 aliphatic heterocycles. The van der Waals surface area contributed by atoms with Crippen molar-refractivity contribution < 1.29 is 4.79 Å². The maximum atomic E-state index is 12.0. The Kier molecular flexibility index (Phi) is 6.65. The summed E-state index contributed by atoms with van der Waals surface area (Å²) in [5.41, 5.74) is 6.00. The van der Waals surface area contributed by atoms with Crippen molar-refractivity contribution in [2.24, 2.45) is 11.7 Å². The van der Waals surface area contributed by atoms with E-state index in [0.717, 1.165) is 32.5 Å². The highest BCUT2D eigenvalue weighted by Gasteiger charge is 2.28. The minimum absolute atomic E-state index is 0.0263. The molecule has 0 radical (unpaired) electrons. The van der Waals surface area contributed by atoms with Gasteiger partial charge in [0.1, 0.15) is 0 Å². The molecule has 0 aromatic rings. The van der Waals surface area contributed by atoms with Crippen molar-refractivity contribution in [2.75, 3.05) is 19.6 Å². The van der Waals surface area contributed by atoms with Gasteiger partial charge in [-0.15, -0.1) is 0 Å². The van der Waals surface area contributed by atoms with Crippen LogP contribution in [0.4, 0.5) is 0 Å². The van der Waals surface area contributed by atoms with E-state index in [0.29, 0.717) is 12.0 Å². The lowest BCUT2D eigenvalue weighted by Gasteiger charge is -2.38. The van der Waals surface area contributed by atoms with Gasteiger partial charge in [-0.3, -0.25) is 9.69 Å². The number of nitrogens with zero attached hydrogens (tertiary/aromatic N) is 1. The van der Waals surface area contributed by atoms with Crippen LogP contribution in [-0.4, -0.2) is 42.5 Å². The van der Waals surface area contributed by atoms with Gasteiger partial charge in [0, 0.05) is 25.7 Å². The van der Waals surface area contributed by atoms with Crippen LogP contribution in [0.3, 0.4) is 0 Å². The summed E-state index contributed by atoms with van der Waals surface area (Å²) in [5, 5.41) is 3.03. The average Bonchev–Trinajstić information content (AvgIpc) is 2.37. The normalized spacial score (nSPS) is 26.9. The number of rotatable bonds is 6. The number of nitrogens with two attached hydrogens (primary N) is 1. The predicted molar refractivity (Wildman–Crippen MR) is 75.3 cm³/mol. The third-order valence-corrected chi connectivity index (χ3v) is 4.01. The van der Waals surface area contributed by atoms with E-state index in [1.807, 2.05) is 6.92 Å². The molecule has 1 rings (SSSR count). The first kappa shape index (κ1) is 15.4. The average molecular weight is 255 g/mol. The van der Waals surface area contributed by atoms with E-state index in [9.17, 15) is 4.79 Å². The molecular formula is C14H29N3O. The smallest absolute Gasteiger partial charge is 0.237 e. The van der Waals surface area contributed by atoms with Crippen molar-refractivity contribution in [1.82, 2.24) is 10.2 Å². The topological polar surface area (TPSA) is 58.4 Å². The van der Waals surface area contributed by atoms with Gasteiger partial charge < -0.3 is 11.1 Å². The fourth-order valence-electron chi connectivity index (χ4n) is 2.45. The van der Waals surface area contributed by atoms with E-state index in [-0.39, 0.29) is 11.9 Å². The Labute approximate surface area is 111 Å². The van der Waals surface area contributed by atoms with Crippen molar-refractivity contribution in [3.05, 3.63) is 0 Å². The van der Waals surface area contributed by atoms with Gasteiger partial charge in [-0.2, -0.15) is 0 Å². The number of hydrogen-bond donors (Lipinski definition) is 2. The highest BCUT2D eigenvalue weighted by molar-refractivity contribution is 5.81. The number of hydrogen-bond acceptors (Lipinski definition) is 3. The number of carbonyl (C=O) groups is 1. The zero-order chi connectivity index (χ0) is 13.5. The van der Waals surface area contributed by atoms with Gasteiger partial charge in [0.05, 0.1) is 6.04 Å². The molecule has 0 bridgehead atoms. The molecule has 3 atom stereocenters. The quantitative estimate of drug-likeness (QED) is 0.704. The molecule has 4 heteroatoms. The molecule has 0 aromatic heterocycles. The van der Waals surface area contributed by atoms with Crippen LogP contribution in [0.2, 0.25) is 0 Å². The lowest BCUT2D eigenvalue weighted by atomic mass is 9.94. The molecule has 3 unspecified atom stereocenters. The second-order valence-corrected chi connectivity index (χ2v) is 5.60. The summed E-state index contributed by atoms with van der Waals surface area (Å²) in [4.78, 5) is 14.3. The van der Waals surface area contributed by atoms with Crippen molar-refractivity contribution in [3.8, 4) is 0 Å². The van der Waals surface area contributed by atoms with E-state index < -0.39 is 0 Å². The fraction of sp³-hybridized carbons (Fsp3) is 0.929. The highest BCUT2D eigenvalue weighted by atomic mass is 16.2. The monoisotopic (exact) mass is 255 g/mol. The number of amides is 1. The molecule has 1 heterocycles. The first-order chi connectivity index (χ1) is 8.56. The number of unbranched alkanes of at least 4 members (excludes halogenated alkanes) is 2. The third kappa shape index (κ3) is 4.58. The van der Waals surface area contributed by atoms with E-state index in [2.05, 4.69) is 24.1 Å². The van der Waals surface area contributed by atoms with Gasteiger partial charge in [-0.05, 0) is 25.7 Å². The molecule has 106 valence electrons. The Balaban J connectivity index is 2.30.